The average molecular weight is 281 g/mol. The van der Waals surface area contributed by atoms with Crippen LogP contribution in [-0.2, 0) is 4.79 Å². The molecule has 0 aromatic heterocycles. The second-order valence-electron chi connectivity index (χ2n) is 7.00. The summed E-state index contributed by atoms with van der Waals surface area (Å²) in [4.78, 5) is 17.0. The van der Waals surface area contributed by atoms with E-state index in [0.29, 0.717) is 11.9 Å². The number of hydrogen-bond donors (Lipinski definition) is 1. The van der Waals surface area contributed by atoms with Crippen LogP contribution < -0.4 is 5.73 Å². The lowest BCUT2D eigenvalue weighted by molar-refractivity contribution is -0.137. The van der Waals surface area contributed by atoms with Crippen molar-refractivity contribution in [3.63, 3.8) is 0 Å². The molecule has 116 valence electrons. The van der Waals surface area contributed by atoms with Crippen LogP contribution in [0.15, 0.2) is 0 Å². The minimum atomic E-state index is 0.102. The number of amides is 1. The van der Waals surface area contributed by atoms with E-state index in [0.717, 1.165) is 57.7 Å². The summed E-state index contributed by atoms with van der Waals surface area (Å²) < 4.78 is 0. The maximum absolute atomic E-state index is 12.5. The van der Waals surface area contributed by atoms with Gasteiger partial charge in [-0.2, -0.15) is 0 Å². The highest BCUT2D eigenvalue weighted by molar-refractivity contribution is 5.80. The summed E-state index contributed by atoms with van der Waals surface area (Å²) in [5.74, 6) is 1.17. The normalized spacial score (nSPS) is 28.6. The van der Waals surface area contributed by atoms with E-state index >= 15 is 0 Å². The van der Waals surface area contributed by atoms with E-state index in [2.05, 4.69) is 30.7 Å². The highest BCUT2D eigenvalue weighted by Crippen LogP contribution is 2.28. The molecule has 1 aliphatic heterocycles. The fourth-order valence-corrected chi connectivity index (χ4v) is 3.48. The van der Waals surface area contributed by atoms with E-state index in [9.17, 15) is 4.79 Å². The summed E-state index contributed by atoms with van der Waals surface area (Å²) in [7, 11) is 2.19. The predicted octanol–water partition coefficient (Wildman–Crippen LogP) is 1.69. The Morgan fingerprint density at radius 3 is 2.40 bits per heavy atom. The zero-order valence-electron chi connectivity index (χ0n) is 13.3. The highest BCUT2D eigenvalue weighted by atomic mass is 16.2. The van der Waals surface area contributed by atoms with Gasteiger partial charge in [0.05, 0.1) is 5.92 Å². The number of hydrogen-bond acceptors (Lipinski definition) is 3. The molecule has 0 bridgehead atoms. The van der Waals surface area contributed by atoms with E-state index in [4.69, 9.17) is 5.73 Å². The minimum Gasteiger partial charge on any atom is -0.342 e. The van der Waals surface area contributed by atoms with Gasteiger partial charge in [0, 0.05) is 31.7 Å². The Morgan fingerprint density at radius 2 is 1.90 bits per heavy atom. The maximum atomic E-state index is 12.5. The van der Waals surface area contributed by atoms with Gasteiger partial charge in [0.25, 0.3) is 0 Å². The molecule has 0 radical (unpaired) electrons. The van der Waals surface area contributed by atoms with Gasteiger partial charge in [0.2, 0.25) is 5.91 Å². The molecule has 0 spiro atoms. The second-order valence-corrected chi connectivity index (χ2v) is 7.00. The monoisotopic (exact) mass is 281 g/mol. The molecule has 2 rings (SSSR count). The highest BCUT2D eigenvalue weighted by Gasteiger charge is 2.34. The molecule has 2 fully saturated rings. The first kappa shape index (κ1) is 15.8. The molecule has 1 amide bonds. The summed E-state index contributed by atoms with van der Waals surface area (Å²) in [5.41, 5.74) is 6.06. The number of carbonyl (C=O) groups excluding carboxylic acids is 1. The summed E-state index contributed by atoms with van der Waals surface area (Å²) in [6, 6.07) is 0.707. The number of nitrogens with two attached hydrogens (primary N) is 1. The third-order valence-corrected chi connectivity index (χ3v) is 5.24. The molecule has 4 nitrogen and oxygen atoms in total. The third kappa shape index (κ3) is 3.73. The predicted molar refractivity (Wildman–Crippen MR) is 82.4 cm³/mol. The average Bonchev–Trinajstić information content (AvgIpc) is 2.85. The number of nitrogens with zero attached hydrogens (tertiary/aromatic N) is 2. The van der Waals surface area contributed by atoms with E-state index in [-0.39, 0.29) is 12.0 Å². The van der Waals surface area contributed by atoms with Gasteiger partial charge >= 0.3 is 0 Å². The van der Waals surface area contributed by atoms with Crippen LogP contribution in [0.1, 0.15) is 46.0 Å². The Kier molecular flexibility index (Phi) is 5.44. The van der Waals surface area contributed by atoms with Crippen molar-refractivity contribution in [1.29, 1.82) is 0 Å². The molecule has 2 atom stereocenters. The van der Waals surface area contributed by atoms with Crippen LogP contribution in [0.25, 0.3) is 0 Å². The number of piperidine rings is 1. The number of likely N-dealkylation sites (tertiary alicyclic amines) is 1. The molecule has 0 aromatic rings. The van der Waals surface area contributed by atoms with Crippen LogP contribution in [0.5, 0.6) is 0 Å². The molecule has 1 aliphatic carbocycles. The topological polar surface area (TPSA) is 49.6 Å². The van der Waals surface area contributed by atoms with Gasteiger partial charge in [-0.25, -0.2) is 0 Å². The lowest BCUT2D eigenvalue weighted by Crippen LogP contribution is -2.46. The van der Waals surface area contributed by atoms with Crippen LogP contribution in [0.3, 0.4) is 0 Å². The zero-order valence-corrected chi connectivity index (χ0v) is 13.3. The van der Waals surface area contributed by atoms with Crippen LogP contribution in [-0.4, -0.2) is 54.5 Å². The van der Waals surface area contributed by atoms with Crippen molar-refractivity contribution < 1.29 is 4.79 Å². The second kappa shape index (κ2) is 6.90. The van der Waals surface area contributed by atoms with Crippen LogP contribution in [0.4, 0.5) is 0 Å². The van der Waals surface area contributed by atoms with E-state index in [1.807, 2.05) is 0 Å². The van der Waals surface area contributed by atoms with Gasteiger partial charge in [-0.3, -0.25) is 4.79 Å². The Bertz CT molecular complexity index is 324. The first-order chi connectivity index (χ1) is 9.49. The molecule has 20 heavy (non-hydrogen) atoms. The standard InChI is InChI=1S/C16H31N3O/c1-12(2)18(3)11-13-7-9-19(10-8-13)16(20)14-5-4-6-15(14)17/h12-15H,4-11,17H2,1-3H3. The van der Waals surface area contributed by atoms with Crippen molar-refractivity contribution in [2.75, 3.05) is 26.7 Å². The fraction of sp³-hybridized carbons (Fsp3) is 0.938. The van der Waals surface area contributed by atoms with Crippen LogP contribution in [0, 0.1) is 11.8 Å². The lowest BCUT2D eigenvalue weighted by Gasteiger charge is -2.36. The van der Waals surface area contributed by atoms with Gasteiger partial charge in [0.1, 0.15) is 0 Å². The van der Waals surface area contributed by atoms with Gasteiger partial charge in [-0.1, -0.05) is 6.42 Å². The molecule has 1 saturated carbocycles. The third-order valence-electron chi connectivity index (χ3n) is 5.24. The lowest BCUT2D eigenvalue weighted by atomic mass is 9.94. The van der Waals surface area contributed by atoms with Crippen molar-refractivity contribution in [3.8, 4) is 0 Å². The molecule has 2 aliphatic rings. The van der Waals surface area contributed by atoms with Crippen molar-refractivity contribution in [1.82, 2.24) is 9.80 Å². The SMILES string of the molecule is CC(C)N(C)CC1CCN(C(=O)C2CCCC2N)CC1. The largest absolute Gasteiger partial charge is 0.342 e. The molecule has 2 unspecified atom stereocenters. The van der Waals surface area contributed by atoms with Crippen LogP contribution in [0.2, 0.25) is 0 Å². The summed E-state index contributed by atoms with van der Waals surface area (Å²) >= 11 is 0. The Morgan fingerprint density at radius 1 is 1.25 bits per heavy atom. The fourth-order valence-electron chi connectivity index (χ4n) is 3.48. The van der Waals surface area contributed by atoms with Crippen molar-refractivity contribution in [2.24, 2.45) is 17.6 Å². The minimum absolute atomic E-state index is 0.102. The molecule has 1 saturated heterocycles. The van der Waals surface area contributed by atoms with E-state index in [1.165, 1.54) is 0 Å². The van der Waals surface area contributed by atoms with Gasteiger partial charge in [-0.05, 0) is 52.5 Å². The summed E-state index contributed by atoms with van der Waals surface area (Å²) in [5, 5.41) is 0. The number of carbonyl (C=O) groups is 1. The smallest absolute Gasteiger partial charge is 0.227 e. The number of rotatable bonds is 4. The molecular formula is C16H31N3O. The first-order valence-corrected chi connectivity index (χ1v) is 8.23. The zero-order chi connectivity index (χ0) is 14.7. The quantitative estimate of drug-likeness (QED) is 0.853. The van der Waals surface area contributed by atoms with Crippen molar-refractivity contribution >= 4 is 5.91 Å². The van der Waals surface area contributed by atoms with E-state index in [1.54, 1.807) is 0 Å². The molecule has 4 heteroatoms. The summed E-state index contributed by atoms with van der Waals surface area (Å²) in [6.45, 7) is 7.49. The summed E-state index contributed by atoms with van der Waals surface area (Å²) in [6.07, 6.45) is 5.42. The molecular weight excluding hydrogens is 250 g/mol. The van der Waals surface area contributed by atoms with Crippen LogP contribution >= 0.6 is 0 Å². The van der Waals surface area contributed by atoms with E-state index < -0.39 is 0 Å². The molecule has 1 heterocycles. The van der Waals surface area contributed by atoms with Gasteiger partial charge in [0.15, 0.2) is 0 Å². The molecule has 2 N–H and O–H groups in total. The van der Waals surface area contributed by atoms with Gasteiger partial charge in [-0.15, -0.1) is 0 Å². The maximum Gasteiger partial charge on any atom is 0.227 e. The Labute approximate surface area is 123 Å². The van der Waals surface area contributed by atoms with Crippen molar-refractivity contribution in [2.45, 2.75) is 58.0 Å². The van der Waals surface area contributed by atoms with Crippen molar-refractivity contribution in [3.05, 3.63) is 0 Å². The van der Waals surface area contributed by atoms with Gasteiger partial charge < -0.3 is 15.5 Å². The Hall–Kier alpha value is -0.610. The Balaban J connectivity index is 1.77. The first-order valence-electron chi connectivity index (χ1n) is 8.23. The molecule has 0 aromatic carbocycles.